The van der Waals surface area contributed by atoms with E-state index in [0.29, 0.717) is 24.0 Å². The highest BCUT2D eigenvalue weighted by Crippen LogP contribution is 2.55. The summed E-state index contributed by atoms with van der Waals surface area (Å²) in [4.78, 5) is 0. The number of hydrogen-bond acceptors (Lipinski definition) is 2. The van der Waals surface area contributed by atoms with Crippen molar-refractivity contribution in [3.05, 3.63) is 107 Å². The van der Waals surface area contributed by atoms with Crippen LogP contribution >= 0.6 is 7.14 Å². The normalized spacial score (nSPS) is 11.0. The molecule has 0 aliphatic carbocycles. The maximum Gasteiger partial charge on any atom is 0.100 e. The van der Waals surface area contributed by atoms with Gasteiger partial charge >= 0.3 is 0 Å². The molecule has 2 nitrogen and oxygen atoms in total. The van der Waals surface area contributed by atoms with Gasteiger partial charge in [-0.1, -0.05) is 72.8 Å². The van der Waals surface area contributed by atoms with E-state index in [9.17, 15) is 4.57 Å². The van der Waals surface area contributed by atoms with Crippen LogP contribution in [0.3, 0.4) is 0 Å². The maximum absolute atomic E-state index is 13.8. The quantitative estimate of drug-likeness (QED) is 0.528. The van der Waals surface area contributed by atoms with Crippen molar-refractivity contribution in [2.75, 3.05) is 0 Å². The van der Waals surface area contributed by atoms with Gasteiger partial charge in [-0.3, -0.25) is 0 Å². The van der Waals surface area contributed by atoms with Crippen LogP contribution in [0.25, 0.3) is 0 Å². The highest BCUT2D eigenvalue weighted by molar-refractivity contribution is 7.61. The third kappa shape index (κ3) is 4.92. The monoisotopic (exact) mass is 345 g/mol. The van der Waals surface area contributed by atoms with Crippen LogP contribution in [-0.2, 0) is 23.1 Å². The minimum atomic E-state index is -2.49. The molecule has 0 amide bonds. The second kappa shape index (κ2) is 7.97. The zero-order valence-electron chi connectivity index (χ0n) is 14.0. The Morgan fingerprint density at radius 3 is 1.44 bits per heavy atom. The summed E-state index contributed by atoms with van der Waals surface area (Å²) in [7, 11) is -2.49. The predicted molar refractivity (Wildman–Crippen MR) is 103 cm³/mol. The fourth-order valence-electron chi connectivity index (χ4n) is 3.02. The molecule has 0 saturated carbocycles. The Balaban J connectivity index is 1.87. The Bertz CT molecular complexity index is 851. The Kier molecular flexibility index (Phi) is 5.49. The van der Waals surface area contributed by atoms with Crippen LogP contribution in [-0.4, -0.2) is 0 Å². The average molecular weight is 345 g/mol. The lowest BCUT2D eigenvalue weighted by molar-refractivity contribution is 0.572. The van der Waals surface area contributed by atoms with Gasteiger partial charge in [0.05, 0.1) is 11.6 Å². The molecule has 0 unspecified atom stereocenters. The summed E-state index contributed by atoms with van der Waals surface area (Å²) >= 11 is 0. The smallest absolute Gasteiger partial charge is 0.100 e. The van der Waals surface area contributed by atoms with Crippen molar-refractivity contribution in [2.45, 2.75) is 18.5 Å². The van der Waals surface area contributed by atoms with Gasteiger partial charge in [-0.15, -0.1) is 0 Å². The van der Waals surface area contributed by atoms with Crippen molar-refractivity contribution in [3.8, 4) is 6.07 Å². The van der Waals surface area contributed by atoms with Gasteiger partial charge in [-0.2, -0.15) is 5.26 Å². The Morgan fingerprint density at radius 1 is 0.640 bits per heavy atom. The van der Waals surface area contributed by atoms with Crippen LogP contribution in [0.1, 0.15) is 22.3 Å². The first-order chi connectivity index (χ1) is 12.2. The third-order valence-corrected chi connectivity index (χ3v) is 7.01. The van der Waals surface area contributed by atoms with Gasteiger partial charge in [-0.25, -0.2) is 0 Å². The molecule has 0 N–H and O–H groups in total. The Morgan fingerprint density at radius 2 is 1.04 bits per heavy atom. The SMILES string of the molecule is N#Cc1ccc(CP(=O)(Cc2ccccc2)Cc2ccccc2)cc1. The van der Waals surface area contributed by atoms with E-state index in [1.807, 2.05) is 72.8 Å². The number of nitriles is 1. The lowest BCUT2D eigenvalue weighted by Gasteiger charge is -2.19. The molecule has 124 valence electrons. The highest BCUT2D eigenvalue weighted by atomic mass is 31.2. The standard InChI is InChI=1S/C22H20NOP/c23-15-19-11-13-22(14-12-19)18-25(24,16-20-7-3-1-4-8-20)17-21-9-5-2-6-10-21/h1-14H,16-18H2. The second-order valence-electron chi connectivity index (χ2n) is 6.31. The first-order valence-electron chi connectivity index (χ1n) is 8.31. The number of nitrogens with zero attached hydrogens (tertiary/aromatic N) is 1. The summed E-state index contributed by atoms with van der Waals surface area (Å²) in [5, 5.41) is 8.95. The molecule has 0 aliphatic heterocycles. The van der Waals surface area contributed by atoms with Crippen LogP contribution in [0.2, 0.25) is 0 Å². The minimum absolute atomic E-state index is 0.544. The zero-order valence-corrected chi connectivity index (χ0v) is 14.9. The van der Waals surface area contributed by atoms with Gasteiger partial charge in [-0.05, 0) is 28.8 Å². The van der Waals surface area contributed by atoms with E-state index >= 15 is 0 Å². The highest BCUT2D eigenvalue weighted by Gasteiger charge is 2.24. The minimum Gasteiger partial charge on any atom is -0.323 e. The van der Waals surface area contributed by atoms with E-state index in [-0.39, 0.29) is 0 Å². The molecule has 25 heavy (non-hydrogen) atoms. The van der Waals surface area contributed by atoms with Gasteiger partial charge in [0.15, 0.2) is 0 Å². The predicted octanol–water partition coefficient (Wildman–Crippen LogP) is 5.82. The van der Waals surface area contributed by atoms with Crippen molar-refractivity contribution in [3.63, 3.8) is 0 Å². The number of hydrogen-bond donors (Lipinski definition) is 0. The molecule has 3 heteroatoms. The molecule has 0 aromatic heterocycles. The Labute approximate surface area is 149 Å². The van der Waals surface area contributed by atoms with Crippen LogP contribution < -0.4 is 0 Å². The molecular weight excluding hydrogens is 325 g/mol. The largest absolute Gasteiger partial charge is 0.323 e. The van der Waals surface area contributed by atoms with Gasteiger partial charge in [0.1, 0.15) is 7.14 Å². The summed E-state index contributed by atoms with van der Waals surface area (Å²) in [6.45, 7) is 0. The first kappa shape index (κ1) is 17.2. The summed E-state index contributed by atoms with van der Waals surface area (Å²) in [5.74, 6) is 0. The van der Waals surface area contributed by atoms with E-state index in [0.717, 1.165) is 16.7 Å². The first-order valence-corrected chi connectivity index (χ1v) is 10.6. The molecule has 0 radical (unpaired) electrons. The van der Waals surface area contributed by atoms with Crippen LogP contribution in [0, 0.1) is 11.3 Å². The summed E-state index contributed by atoms with van der Waals surface area (Å²) in [6.07, 6.45) is 1.72. The Hall–Kier alpha value is -2.62. The summed E-state index contributed by atoms with van der Waals surface area (Å²) < 4.78 is 13.8. The molecule has 3 aromatic carbocycles. The molecule has 3 rings (SSSR count). The molecule has 0 atom stereocenters. The number of benzene rings is 3. The lowest BCUT2D eigenvalue weighted by atomic mass is 10.2. The maximum atomic E-state index is 13.8. The van der Waals surface area contributed by atoms with Crippen molar-refractivity contribution in [1.29, 1.82) is 5.26 Å². The average Bonchev–Trinajstić information content (AvgIpc) is 2.64. The molecule has 0 bridgehead atoms. The van der Waals surface area contributed by atoms with E-state index in [2.05, 4.69) is 6.07 Å². The molecule has 0 heterocycles. The van der Waals surface area contributed by atoms with E-state index in [1.54, 1.807) is 12.1 Å². The van der Waals surface area contributed by atoms with E-state index in [1.165, 1.54) is 0 Å². The van der Waals surface area contributed by atoms with Crippen LogP contribution in [0.5, 0.6) is 0 Å². The van der Waals surface area contributed by atoms with Gasteiger partial charge < -0.3 is 4.57 Å². The van der Waals surface area contributed by atoms with Crippen molar-refractivity contribution in [1.82, 2.24) is 0 Å². The topological polar surface area (TPSA) is 40.9 Å². The summed E-state index contributed by atoms with van der Waals surface area (Å²) in [5.41, 5.74) is 3.87. The second-order valence-corrected chi connectivity index (χ2v) is 9.38. The third-order valence-electron chi connectivity index (χ3n) is 4.18. The van der Waals surface area contributed by atoms with E-state index < -0.39 is 7.14 Å². The number of rotatable bonds is 6. The molecule has 0 fully saturated rings. The molecular formula is C22H20NOP. The van der Waals surface area contributed by atoms with Crippen LogP contribution in [0.15, 0.2) is 84.9 Å². The fourth-order valence-corrected chi connectivity index (χ4v) is 5.98. The summed E-state index contributed by atoms with van der Waals surface area (Å²) in [6, 6.07) is 29.6. The lowest BCUT2D eigenvalue weighted by Crippen LogP contribution is -1.98. The van der Waals surface area contributed by atoms with Gasteiger partial charge in [0, 0.05) is 18.5 Å². The van der Waals surface area contributed by atoms with Crippen molar-refractivity contribution in [2.24, 2.45) is 0 Å². The van der Waals surface area contributed by atoms with Crippen molar-refractivity contribution >= 4 is 7.14 Å². The van der Waals surface area contributed by atoms with E-state index in [4.69, 9.17) is 5.26 Å². The molecule has 0 aliphatic rings. The van der Waals surface area contributed by atoms with Crippen LogP contribution in [0.4, 0.5) is 0 Å². The molecule has 0 saturated heterocycles. The van der Waals surface area contributed by atoms with Gasteiger partial charge in [0.25, 0.3) is 0 Å². The van der Waals surface area contributed by atoms with Gasteiger partial charge in [0.2, 0.25) is 0 Å². The van der Waals surface area contributed by atoms with Crippen molar-refractivity contribution < 1.29 is 4.57 Å². The zero-order chi connectivity index (χ0) is 17.5. The molecule has 0 spiro atoms. The molecule has 3 aromatic rings. The fraction of sp³-hybridized carbons (Fsp3) is 0.136.